The SMILES string of the molecule is CCNC(c1ccc2c(c1)CCO2)C1C(C)(C)C1(C)C. The second-order valence-corrected chi connectivity index (χ2v) is 7.42. The Balaban J connectivity index is 1.92. The first-order valence-corrected chi connectivity index (χ1v) is 7.88. The van der Waals surface area contributed by atoms with Gasteiger partial charge in [-0.3, -0.25) is 0 Å². The lowest BCUT2D eigenvalue weighted by molar-refractivity contribution is 0.356. The molecule has 0 radical (unpaired) electrons. The summed E-state index contributed by atoms with van der Waals surface area (Å²) in [6.07, 6.45) is 1.06. The van der Waals surface area contributed by atoms with Crippen molar-refractivity contribution in [2.45, 2.75) is 47.1 Å². The van der Waals surface area contributed by atoms with E-state index in [1.165, 1.54) is 11.1 Å². The van der Waals surface area contributed by atoms with Crippen LogP contribution in [0.4, 0.5) is 0 Å². The Morgan fingerprint density at radius 3 is 2.55 bits per heavy atom. The molecule has 0 saturated heterocycles. The topological polar surface area (TPSA) is 21.3 Å². The fraction of sp³-hybridized carbons (Fsp3) is 0.667. The van der Waals surface area contributed by atoms with E-state index in [9.17, 15) is 0 Å². The van der Waals surface area contributed by atoms with E-state index in [0.717, 1.165) is 25.3 Å². The summed E-state index contributed by atoms with van der Waals surface area (Å²) < 4.78 is 5.63. The van der Waals surface area contributed by atoms with Crippen molar-refractivity contribution in [3.8, 4) is 5.75 Å². The second kappa shape index (κ2) is 4.49. The van der Waals surface area contributed by atoms with Crippen LogP contribution in [0.15, 0.2) is 18.2 Å². The number of hydrogen-bond acceptors (Lipinski definition) is 2. The van der Waals surface area contributed by atoms with Crippen LogP contribution < -0.4 is 10.1 Å². The fourth-order valence-corrected chi connectivity index (χ4v) is 4.13. The predicted octanol–water partition coefficient (Wildman–Crippen LogP) is 3.95. The standard InChI is InChI=1S/C18H27NO/c1-6-19-15(16-17(2,3)18(16,4)5)13-7-8-14-12(11-13)9-10-20-14/h7-8,11,15-16,19H,6,9-10H2,1-5H3. The Morgan fingerprint density at radius 1 is 1.25 bits per heavy atom. The lowest BCUT2D eigenvalue weighted by Gasteiger charge is -2.21. The van der Waals surface area contributed by atoms with Crippen LogP contribution >= 0.6 is 0 Å². The number of fused-ring (bicyclic) bond motifs is 1. The first kappa shape index (κ1) is 13.9. The zero-order valence-electron chi connectivity index (χ0n) is 13.4. The average Bonchev–Trinajstić information content (AvgIpc) is 2.73. The van der Waals surface area contributed by atoms with E-state index in [4.69, 9.17) is 4.74 Å². The van der Waals surface area contributed by atoms with Gasteiger partial charge in [0.25, 0.3) is 0 Å². The minimum Gasteiger partial charge on any atom is -0.493 e. The molecule has 0 spiro atoms. The Kier molecular flexibility index (Phi) is 3.13. The van der Waals surface area contributed by atoms with Gasteiger partial charge < -0.3 is 10.1 Å². The summed E-state index contributed by atoms with van der Waals surface area (Å²) in [5.41, 5.74) is 3.60. The van der Waals surface area contributed by atoms with E-state index >= 15 is 0 Å². The normalized spacial score (nSPS) is 24.1. The second-order valence-electron chi connectivity index (χ2n) is 7.42. The minimum absolute atomic E-state index is 0.398. The molecule has 1 aliphatic carbocycles. The van der Waals surface area contributed by atoms with Gasteiger partial charge >= 0.3 is 0 Å². The molecule has 1 unspecified atom stereocenters. The fourth-order valence-electron chi connectivity index (χ4n) is 4.13. The lowest BCUT2D eigenvalue weighted by Crippen LogP contribution is -2.25. The molecule has 1 heterocycles. The summed E-state index contributed by atoms with van der Waals surface area (Å²) in [7, 11) is 0. The number of rotatable bonds is 4. The summed E-state index contributed by atoms with van der Waals surface area (Å²) >= 11 is 0. The third-order valence-electron chi connectivity index (χ3n) is 5.96. The monoisotopic (exact) mass is 273 g/mol. The van der Waals surface area contributed by atoms with E-state index in [1.807, 2.05) is 0 Å². The van der Waals surface area contributed by atoms with Crippen molar-refractivity contribution in [2.24, 2.45) is 16.7 Å². The van der Waals surface area contributed by atoms with Crippen LogP contribution in [-0.2, 0) is 6.42 Å². The minimum atomic E-state index is 0.398. The van der Waals surface area contributed by atoms with Gasteiger partial charge in [0, 0.05) is 12.5 Å². The highest BCUT2D eigenvalue weighted by molar-refractivity contribution is 5.42. The third kappa shape index (κ3) is 1.88. The van der Waals surface area contributed by atoms with Crippen molar-refractivity contribution < 1.29 is 4.74 Å². The van der Waals surface area contributed by atoms with Gasteiger partial charge in [0.2, 0.25) is 0 Å². The van der Waals surface area contributed by atoms with Crippen molar-refractivity contribution in [3.05, 3.63) is 29.3 Å². The molecule has 0 aromatic heterocycles. The molecule has 0 bridgehead atoms. The van der Waals surface area contributed by atoms with Crippen LogP contribution in [0.5, 0.6) is 5.75 Å². The van der Waals surface area contributed by atoms with Crippen LogP contribution in [0.25, 0.3) is 0 Å². The highest BCUT2D eigenvalue weighted by Crippen LogP contribution is 2.72. The van der Waals surface area contributed by atoms with E-state index in [2.05, 4.69) is 58.1 Å². The van der Waals surface area contributed by atoms with Gasteiger partial charge in [-0.2, -0.15) is 0 Å². The maximum atomic E-state index is 5.63. The van der Waals surface area contributed by atoms with E-state index in [1.54, 1.807) is 0 Å². The molecule has 2 aliphatic rings. The average molecular weight is 273 g/mol. The lowest BCUT2D eigenvalue weighted by atomic mass is 9.94. The van der Waals surface area contributed by atoms with Crippen molar-refractivity contribution in [3.63, 3.8) is 0 Å². The van der Waals surface area contributed by atoms with Crippen molar-refractivity contribution in [1.29, 1.82) is 0 Å². The van der Waals surface area contributed by atoms with Crippen LogP contribution in [0, 0.1) is 16.7 Å². The maximum Gasteiger partial charge on any atom is 0.122 e. The van der Waals surface area contributed by atoms with Crippen LogP contribution in [0.3, 0.4) is 0 Å². The van der Waals surface area contributed by atoms with Gasteiger partial charge in [0.05, 0.1) is 6.61 Å². The molecule has 0 amide bonds. The molecule has 1 atom stereocenters. The molecule has 1 fully saturated rings. The Morgan fingerprint density at radius 2 is 1.95 bits per heavy atom. The molecular weight excluding hydrogens is 246 g/mol. The number of ether oxygens (including phenoxy) is 1. The first-order chi connectivity index (χ1) is 9.39. The van der Waals surface area contributed by atoms with Gasteiger partial charge in [-0.25, -0.2) is 0 Å². The van der Waals surface area contributed by atoms with E-state index in [0.29, 0.717) is 22.8 Å². The molecule has 110 valence electrons. The summed E-state index contributed by atoms with van der Waals surface area (Å²) in [6.45, 7) is 13.7. The quantitative estimate of drug-likeness (QED) is 0.896. The zero-order valence-corrected chi connectivity index (χ0v) is 13.4. The van der Waals surface area contributed by atoms with E-state index < -0.39 is 0 Å². The molecule has 1 N–H and O–H groups in total. The first-order valence-electron chi connectivity index (χ1n) is 7.88. The molecule has 1 aromatic carbocycles. The van der Waals surface area contributed by atoms with E-state index in [-0.39, 0.29) is 0 Å². The van der Waals surface area contributed by atoms with Crippen LogP contribution in [0.2, 0.25) is 0 Å². The zero-order chi connectivity index (χ0) is 14.5. The number of benzene rings is 1. The summed E-state index contributed by atoms with van der Waals surface area (Å²) in [6, 6.07) is 7.22. The summed E-state index contributed by atoms with van der Waals surface area (Å²) in [5.74, 6) is 1.77. The van der Waals surface area contributed by atoms with Gasteiger partial charge in [-0.05, 0) is 40.5 Å². The summed E-state index contributed by atoms with van der Waals surface area (Å²) in [5, 5.41) is 3.72. The van der Waals surface area contributed by atoms with Crippen LogP contribution in [0.1, 0.15) is 51.8 Å². The Hall–Kier alpha value is -1.02. The van der Waals surface area contributed by atoms with Gasteiger partial charge in [-0.15, -0.1) is 0 Å². The molecule has 20 heavy (non-hydrogen) atoms. The Labute approximate surface area is 122 Å². The van der Waals surface area contributed by atoms with Gasteiger partial charge in [-0.1, -0.05) is 46.8 Å². The largest absolute Gasteiger partial charge is 0.493 e. The smallest absolute Gasteiger partial charge is 0.122 e. The summed E-state index contributed by atoms with van der Waals surface area (Å²) in [4.78, 5) is 0. The number of hydrogen-bond donors (Lipinski definition) is 1. The van der Waals surface area contributed by atoms with Crippen molar-refractivity contribution in [2.75, 3.05) is 13.2 Å². The van der Waals surface area contributed by atoms with Crippen LogP contribution in [-0.4, -0.2) is 13.2 Å². The molecule has 1 aliphatic heterocycles. The van der Waals surface area contributed by atoms with Crippen molar-refractivity contribution in [1.82, 2.24) is 5.32 Å². The molecule has 3 rings (SSSR count). The number of nitrogens with one attached hydrogen (secondary N) is 1. The molecule has 2 nitrogen and oxygen atoms in total. The molecule has 1 saturated carbocycles. The molecule has 1 aromatic rings. The Bertz CT molecular complexity index is 504. The third-order valence-corrected chi connectivity index (χ3v) is 5.96. The van der Waals surface area contributed by atoms with Gasteiger partial charge in [0.15, 0.2) is 0 Å². The van der Waals surface area contributed by atoms with Crippen molar-refractivity contribution >= 4 is 0 Å². The predicted molar refractivity (Wildman–Crippen MR) is 83.1 cm³/mol. The molecular formula is C18H27NO. The van der Waals surface area contributed by atoms with Gasteiger partial charge in [0.1, 0.15) is 5.75 Å². The molecule has 2 heteroatoms. The highest BCUT2D eigenvalue weighted by Gasteiger charge is 2.67. The highest BCUT2D eigenvalue weighted by atomic mass is 16.5. The maximum absolute atomic E-state index is 5.63.